The number of hydrogen-bond acceptors (Lipinski definition) is 2. The normalized spacial score (nSPS) is 24.8. The van der Waals surface area contributed by atoms with Crippen LogP contribution >= 0.6 is 0 Å². The molecule has 1 aliphatic heterocycles. The number of carbonyl (C=O) groups is 1. The fourth-order valence-electron chi connectivity index (χ4n) is 1.89. The number of nitrogens with zero attached hydrogens (tertiary/aromatic N) is 1. The van der Waals surface area contributed by atoms with Gasteiger partial charge in [0.2, 0.25) is 5.91 Å². The first-order valence-corrected chi connectivity index (χ1v) is 5.10. The summed E-state index contributed by atoms with van der Waals surface area (Å²) < 4.78 is 0. The average Bonchev–Trinajstić information content (AvgIpc) is 2.17. The van der Waals surface area contributed by atoms with Gasteiger partial charge in [-0.3, -0.25) is 4.79 Å². The van der Waals surface area contributed by atoms with E-state index >= 15 is 0 Å². The van der Waals surface area contributed by atoms with Crippen molar-refractivity contribution in [2.45, 2.75) is 32.7 Å². The highest BCUT2D eigenvalue weighted by molar-refractivity contribution is 5.78. The van der Waals surface area contributed by atoms with E-state index in [4.69, 9.17) is 0 Å². The van der Waals surface area contributed by atoms with Crippen LogP contribution in [0.15, 0.2) is 0 Å². The minimum Gasteiger partial charge on any atom is -0.359 e. The van der Waals surface area contributed by atoms with E-state index in [1.165, 1.54) is 0 Å². The lowest BCUT2D eigenvalue weighted by Crippen LogP contribution is -2.44. The van der Waals surface area contributed by atoms with Gasteiger partial charge in [0.25, 0.3) is 0 Å². The number of piperidine rings is 1. The Balaban J connectivity index is 2.46. The first-order chi connectivity index (χ1) is 6.15. The van der Waals surface area contributed by atoms with Crippen molar-refractivity contribution in [1.29, 1.82) is 0 Å². The summed E-state index contributed by atoms with van der Waals surface area (Å²) in [7, 11) is 1.72. The van der Waals surface area contributed by atoms with Crippen LogP contribution in [0, 0.1) is 5.92 Å². The summed E-state index contributed by atoms with van der Waals surface area (Å²) in [5, 5.41) is 2.73. The van der Waals surface area contributed by atoms with E-state index < -0.39 is 0 Å². The van der Waals surface area contributed by atoms with Crippen LogP contribution in [0.5, 0.6) is 0 Å². The third-order valence-electron chi connectivity index (χ3n) is 2.80. The van der Waals surface area contributed by atoms with Gasteiger partial charge < -0.3 is 10.2 Å². The highest BCUT2D eigenvalue weighted by Crippen LogP contribution is 2.18. The van der Waals surface area contributed by atoms with Gasteiger partial charge in [-0.1, -0.05) is 0 Å². The average molecular weight is 184 g/mol. The minimum absolute atomic E-state index is 0.199. The van der Waals surface area contributed by atoms with E-state index in [1.54, 1.807) is 7.05 Å². The molecule has 1 atom stereocenters. The maximum Gasteiger partial charge on any atom is 0.224 e. The Kier molecular flexibility index (Phi) is 3.72. The molecule has 1 saturated heterocycles. The fourth-order valence-corrected chi connectivity index (χ4v) is 1.89. The number of rotatable bonds is 2. The SMILES string of the molecule is CNC(=O)[C@H]1CCCN(C(C)C)C1. The molecule has 76 valence electrons. The molecule has 1 N–H and O–H groups in total. The minimum atomic E-state index is 0.199. The highest BCUT2D eigenvalue weighted by atomic mass is 16.1. The molecule has 13 heavy (non-hydrogen) atoms. The second-order valence-corrected chi connectivity index (χ2v) is 4.04. The predicted molar refractivity (Wildman–Crippen MR) is 53.5 cm³/mol. The topological polar surface area (TPSA) is 32.3 Å². The molecule has 0 saturated carbocycles. The summed E-state index contributed by atoms with van der Waals surface area (Å²) in [5.41, 5.74) is 0. The number of amides is 1. The number of nitrogens with one attached hydrogen (secondary N) is 1. The lowest BCUT2D eigenvalue weighted by Gasteiger charge is -2.34. The van der Waals surface area contributed by atoms with Crippen molar-refractivity contribution in [1.82, 2.24) is 10.2 Å². The molecule has 0 aliphatic carbocycles. The van der Waals surface area contributed by atoms with Gasteiger partial charge in [0.1, 0.15) is 0 Å². The van der Waals surface area contributed by atoms with Gasteiger partial charge in [0.15, 0.2) is 0 Å². The Morgan fingerprint density at radius 2 is 2.23 bits per heavy atom. The zero-order valence-corrected chi connectivity index (χ0v) is 8.84. The monoisotopic (exact) mass is 184 g/mol. The molecule has 0 unspecified atom stereocenters. The zero-order chi connectivity index (χ0) is 9.84. The van der Waals surface area contributed by atoms with Crippen molar-refractivity contribution < 1.29 is 4.79 Å². The van der Waals surface area contributed by atoms with Crippen molar-refractivity contribution in [2.75, 3.05) is 20.1 Å². The molecule has 0 spiro atoms. The number of likely N-dealkylation sites (tertiary alicyclic amines) is 1. The Bertz CT molecular complexity index is 180. The van der Waals surface area contributed by atoms with Gasteiger partial charge in [0.05, 0.1) is 5.92 Å². The highest BCUT2D eigenvalue weighted by Gasteiger charge is 2.25. The van der Waals surface area contributed by atoms with Gasteiger partial charge >= 0.3 is 0 Å². The molecule has 0 aromatic heterocycles. The van der Waals surface area contributed by atoms with Crippen LogP contribution in [0.3, 0.4) is 0 Å². The van der Waals surface area contributed by atoms with Crippen molar-refractivity contribution >= 4 is 5.91 Å². The Labute approximate surface area is 80.5 Å². The smallest absolute Gasteiger partial charge is 0.224 e. The van der Waals surface area contributed by atoms with Crippen LogP contribution in [0.2, 0.25) is 0 Å². The van der Waals surface area contributed by atoms with Crippen molar-refractivity contribution in [2.24, 2.45) is 5.92 Å². The maximum absolute atomic E-state index is 11.4. The molecule has 1 amide bonds. The molecule has 1 aliphatic rings. The van der Waals surface area contributed by atoms with Crippen LogP contribution in [-0.4, -0.2) is 37.0 Å². The van der Waals surface area contributed by atoms with Crippen LogP contribution in [0.4, 0.5) is 0 Å². The summed E-state index contributed by atoms with van der Waals surface area (Å²) in [6, 6.07) is 0.562. The van der Waals surface area contributed by atoms with Crippen LogP contribution < -0.4 is 5.32 Å². The van der Waals surface area contributed by atoms with Crippen LogP contribution in [0.25, 0.3) is 0 Å². The van der Waals surface area contributed by atoms with Gasteiger partial charge in [-0.15, -0.1) is 0 Å². The lowest BCUT2D eigenvalue weighted by atomic mass is 9.96. The summed E-state index contributed by atoms with van der Waals surface area (Å²) >= 11 is 0. The Morgan fingerprint density at radius 3 is 2.77 bits per heavy atom. The third-order valence-corrected chi connectivity index (χ3v) is 2.80. The second-order valence-electron chi connectivity index (χ2n) is 4.04. The largest absolute Gasteiger partial charge is 0.359 e. The van der Waals surface area contributed by atoms with Crippen molar-refractivity contribution in [3.8, 4) is 0 Å². The molecular formula is C10H20N2O. The lowest BCUT2D eigenvalue weighted by molar-refractivity contribution is -0.126. The molecule has 1 fully saturated rings. The molecule has 3 heteroatoms. The first kappa shape index (κ1) is 10.5. The Morgan fingerprint density at radius 1 is 1.54 bits per heavy atom. The standard InChI is InChI=1S/C10H20N2O/c1-8(2)12-6-4-5-9(7-12)10(13)11-3/h8-9H,4-7H2,1-3H3,(H,11,13)/t9-/m0/s1. The summed E-state index contributed by atoms with van der Waals surface area (Å²) in [5.74, 6) is 0.409. The van der Waals surface area contributed by atoms with Gasteiger partial charge in [-0.05, 0) is 33.2 Å². The molecule has 1 rings (SSSR count). The fraction of sp³-hybridized carbons (Fsp3) is 0.900. The first-order valence-electron chi connectivity index (χ1n) is 5.10. The molecule has 0 aromatic rings. The van der Waals surface area contributed by atoms with E-state index in [-0.39, 0.29) is 11.8 Å². The third kappa shape index (κ3) is 2.69. The van der Waals surface area contributed by atoms with Crippen LogP contribution in [0.1, 0.15) is 26.7 Å². The number of carbonyl (C=O) groups excluding carboxylic acids is 1. The zero-order valence-electron chi connectivity index (χ0n) is 8.84. The number of hydrogen-bond donors (Lipinski definition) is 1. The quantitative estimate of drug-likeness (QED) is 0.690. The second kappa shape index (κ2) is 4.61. The molecule has 0 aromatic carbocycles. The van der Waals surface area contributed by atoms with E-state index in [9.17, 15) is 4.79 Å². The van der Waals surface area contributed by atoms with E-state index in [0.29, 0.717) is 6.04 Å². The summed E-state index contributed by atoms with van der Waals surface area (Å²) in [6.45, 7) is 6.45. The summed E-state index contributed by atoms with van der Waals surface area (Å²) in [4.78, 5) is 13.8. The van der Waals surface area contributed by atoms with Gasteiger partial charge in [0, 0.05) is 19.6 Å². The van der Waals surface area contributed by atoms with E-state index in [0.717, 1.165) is 25.9 Å². The van der Waals surface area contributed by atoms with E-state index in [1.807, 2.05) is 0 Å². The van der Waals surface area contributed by atoms with E-state index in [2.05, 4.69) is 24.1 Å². The molecule has 0 bridgehead atoms. The summed E-state index contributed by atoms with van der Waals surface area (Å²) in [6.07, 6.45) is 2.19. The molecule has 1 heterocycles. The van der Waals surface area contributed by atoms with Crippen LogP contribution in [-0.2, 0) is 4.79 Å². The predicted octanol–water partition coefficient (Wildman–Crippen LogP) is 0.853. The van der Waals surface area contributed by atoms with Crippen molar-refractivity contribution in [3.05, 3.63) is 0 Å². The Hall–Kier alpha value is -0.570. The van der Waals surface area contributed by atoms with Gasteiger partial charge in [-0.2, -0.15) is 0 Å². The van der Waals surface area contributed by atoms with Gasteiger partial charge in [-0.25, -0.2) is 0 Å². The van der Waals surface area contributed by atoms with Crippen molar-refractivity contribution in [3.63, 3.8) is 0 Å². The molecule has 3 nitrogen and oxygen atoms in total. The maximum atomic E-state index is 11.4. The molecule has 0 radical (unpaired) electrons. The molecular weight excluding hydrogens is 164 g/mol.